The van der Waals surface area contributed by atoms with Crippen LogP contribution in [0, 0.1) is 12.8 Å². The molecule has 0 aromatic heterocycles. The molecule has 0 bridgehead atoms. The summed E-state index contributed by atoms with van der Waals surface area (Å²) in [5, 5.41) is 6.31. The second kappa shape index (κ2) is 8.99. The third-order valence-corrected chi connectivity index (χ3v) is 7.60. The van der Waals surface area contributed by atoms with Crippen molar-refractivity contribution in [2.45, 2.75) is 24.7 Å². The first-order chi connectivity index (χ1) is 14.9. The van der Waals surface area contributed by atoms with Crippen LogP contribution in [0.5, 0.6) is 0 Å². The zero-order chi connectivity index (χ0) is 21.8. The number of hydrogen-bond acceptors (Lipinski definition) is 4. The van der Waals surface area contributed by atoms with E-state index in [1.54, 1.807) is 30.5 Å². The third-order valence-electron chi connectivity index (χ3n) is 5.69. The van der Waals surface area contributed by atoms with Crippen LogP contribution in [-0.2, 0) is 14.8 Å². The smallest absolute Gasteiger partial charge is 0.243 e. The van der Waals surface area contributed by atoms with Gasteiger partial charge in [-0.1, -0.05) is 60.2 Å². The lowest BCUT2D eigenvalue weighted by molar-refractivity contribution is -0.126. The van der Waals surface area contributed by atoms with Crippen molar-refractivity contribution in [1.29, 1.82) is 0 Å². The van der Waals surface area contributed by atoms with Gasteiger partial charge in [0.25, 0.3) is 0 Å². The predicted octanol–water partition coefficient (Wildman–Crippen LogP) is 3.70. The van der Waals surface area contributed by atoms with E-state index in [4.69, 9.17) is 0 Å². The number of nitrogens with zero attached hydrogens (tertiary/aromatic N) is 2. The van der Waals surface area contributed by atoms with Gasteiger partial charge in [0, 0.05) is 24.6 Å². The number of hydrogen-bond donors (Lipinski definition) is 1. The molecular weight excluding hydrogens is 410 g/mol. The number of carbonyl (C=O) groups is 1. The van der Waals surface area contributed by atoms with Crippen LogP contribution in [0.4, 0.5) is 0 Å². The molecule has 1 amide bonds. The van der Waals surface area contributed by atoms with Crippen LogP contribution < -0.4 is 5.43 Å². The molecule has 1 heterocycles. The summed E-state index contributed by atoms with van der Waals surface area (Å²) >= 11 is 0. The summed E-state index contributed by atoms with van der Waals surface area (Å²) in [6, 6.07) is 20.8. The Balaban J connectivity index is 1.35. The highest BCUT2D eigenvalue weighted by atomic mass is 32.2. The predicted molar refractivity (Wildman–Crippen MR) is 122 cm³/mol. The second-order valence-electron chi connectivity index (χ2n) is 7.79. The van der Waals surface area contributed by atoms with E-state index >= 15 is 0 Å². The van der Waals surface area contributed by atoms with Gasteiger partial charge in [0.1, 0.15) is 0 Å². The summed E-state index contributed by atoms with van der Waals surface area (Å²) in [7, 11) is -3.53. The number of rotatable bonds is 5. The fraction of sp³-hybridized carbons (Fsp3) is 0.250. The topological polar surface area (TPSA) is 78.8 Å². The van der Waals surface area contributed by atoms with Gasteiger partial charge < -0.3 is 0 Å². The summed E-state index contributed by atoms with van der Waals surface area (Å²) in [6.07, 6.45) is 2.60. The van der Waals surface area contributed by atoms with Gasteiger partial charge in [0.2, 0.25) is 15.9 Å². The van der Waals surface area contributed by atoms with Crippen LogP contribution in [0.3, 0.4) is 0 Å². The molecule has 0 atom stereocenters. The fourth-order valence-corrected chi connectivity index (χ4v) is 5.31. The van der Waals surface area contributed by atoms with E-state index in [-0.39, 0.29) is 11.8 Å². The van der Waals surface area contributed by atoms with Gasteiger partial charge in [-0.2, -0.15) is 9.41 Å². The maximum atomic E-state index is 12.8. The first kappa shape index (κ1) is 21.2. The molecule has 0 unspecified atom stereocenters. The van der Waals surface area contributed by atoms with Crippen molar-refractivity contribution in [2.24, 2.45) is 11.0 Å². The molecule has 160 valence electrons. The van der Waals surface area contributed by atoms with E-state index in [0.29, 0.717) is 30.8 Å². The molecule has 1 aliphatic rings. The van der Waals surface area contributed by atoms with E-state index in [1.807, 2.05) is 49.4 Å². The fourth-order valence-electron chi connectivity index (χ4n) is 3.84. The number of carbonyl (C=O) groups excluding carboxylic acids is 1. The number of fused-ring (bicyclic) bond motifs is 1. The number of nitrogens with one attached hydrogen (secondary N) is 1. The highest BCUT2D eigenvalue weighted by molar-refractivity contribution is 7.89. The number of benzene rings is 3. The number of hydrazone groups is 1. The maximum absolute atomic E-state index is 12.8. The molecule has 7 heteroatoms. The van der Waals surface area contributed by atoms with Crippen molar-refractivity contribution < 1.29 is 13.2 Å². The molecule has 0 radical (unpaired) electrons. The van der Waals surface area contributed by atoms with Crippen LogP contribution in [0.1, 0.15) is 24.0 Å². The highest BCUT2D eigenvalue weighted by Crippen LogP contribution is 2.24. The third kappa shape index (κ3) is 4.68. The van der Waals surface area contributed by atoms with E-state index in [2.05, 4.69) is 10.5 Å². The first-order valence-corrected chi connectivity index (χ1v) is 11.8. The Hall–Kier alpha value is -3.03. The summed E-state index contributed by atoms with van der Waals surface area (Å²) in [6.45, 7) is 2.56. The average Bonchev–Trinajstić information content (AvgIpc) is 2.79. The SMILES string of the molecule is Cc1ccc(S(=O)(=O)N2CCC(C(=O)NN=Cc3cccc4ccccc34)CC2)cc1. The molecule has 31 heavy (non-hydrogen) atoms. The van der Waals surface area contributed by atoms with Gasteiger partial charge in [-0.05, 0) is 42.7 Å². The summed E-state index contributed by atoms with van der Waals surface area (Å²) in [5.41, 5.74) is 4.56. The Bertz CT molecular complexity index is 1210. The molecule has 3 aromatic carbocycles. The molecule has 0 saturated carbocycles. The monoisotopic (exact) mass is 435 g/mol. The molecule has 1 saturated heterocycles. The first-order valence-electron chi connectivity index (χ1n) is 10.3. The van der Waals surface area contributed by atoms with Crippen molar-refractivity contribution in [3.63, 3.8) is 0 Å². The molecule has 0 spiro atoms. The highest BCUT2D eigenvalue weighted by Gasteiger charge is 2.32. The Morgan fingerprint density at radius 3 is 2.42 bits per heavy atom. The second-order valence-corrected chi connectivity index (χ2v) is 9.73. The summed E-state index contributed by atoms with van der Waals surface area (Å²) < 4.78 is 27.1. The number of piperidine rings is 1. The number of aryl methyl sites for hydroxylation is 1. The van der Waals surface area contributed by atoms with Crippen molar-refractivity contribution in [3.05, 3.63) is 77.9 Å². The van der Waals surface area contributed by atoms with E-state index in [1.165, 1.54) is 4.31 Å². The molecule has 1 fully saturated rings. The number of amides is 1. The molecule has 6 nitrogen and oxygen atoms in total. The zero-order valence-corrected chi connectivity index (χ0v) is 18.2. The van der Waals surface area contributed by atoms with Crippen LogP contribution in [-0.4, -0.2) is 37.9 Å². The minimum atomic E-state index is -3.53. The van der Waals surface area contributed by atoms with Crippen molar-refractivity contribution >= 4 is 32.9 Å². The lowest BCUT2D eigenvalue weighted by atomic mass is 9.98. The zero-order valence-electron chi connectivity index (χ0n) is 17.4. The van der Waals surface area contributed by atoms with Gasteiger partial charge in [0.05, 0.1) is 11.1 Å². The lowest BCUT2D eigenvalue weighted by Crippen LogP contribution is -2.42. The van der Waals surface area contributed by atoms with Crippen LogP contribution in [0.25, 0.3) is 10.8 Å². The van der Waals surface area contributed by atoms with Crippen LogP contribution >= 0.6 is 0 Å². The van der Waals surface area contributed by atoms with E-state index < -0.39 is 10.0 Å². The van der Waals surface area contributed by atoms with E-state index in [9.17, 15) is 13.2 Å². The van der Waals surface area contributed by atoms with Crippen molar-refractivity contribution in [1.82, 2.24) is 9.73 Å². The van der Waals surface area contributed by atoms with Gasteiger partial charge in [-0.15, -0.1) is 0 Å². The quantitative estimate of drug-likeness (QED) is 0.490. The van der Waals surface area contributed by atoms with Crippen LogP contribution in [0.15, 0.2) is 76.7 Å². The molecular formula is C24H25N3O3S. The minimum Gasteiger partial charge on any atom is -0.273 e. The Labute approximate surface area is 182 Å². The van der Waals surface area contributed by atoms with Gasteiger partial charge >= 0.3 is 0 Å². The van der Waals surface area contributed by atoms with Crippen molar-refractivity contribution in [3.8, 4) is 0 Å². The summed E-state index contributed by atoms with van der Waals surface area (Å²) in [4.78, 5) is 12.8. The molecule has 3 aromatic rings. The standard InChI is InChI=1S/C24H25N3O3S/c1-18-9-11-22(12-10-18)31(29,30)27-15-13-20(14-16-27)24(28)26-25-17-21-7-4-6-19-5-2-3-8-23(19)21/h2-12,17,20H,13-16H2,1H3,(H,26,28). The summed E-state index contributed by atoms with van der Waals surface area (Å²) in [5.74, 6) is -0.432. The van der Waals surface area contributed by atoms with Gasteiger partial charge in [0.15, 0.2) is 0 Å². The molecule has 1 aliphatic heterocycles. The molecule has 1 N–H and O–H groups in total. The number of sulfonamides is 1. The maximum Gasteiger partial charge on any atom is 0.243 e. The Morgan fingerprint density at radius 2 is 1.68 bits per heavy atom. The minimum absolute atomic E-state index is 0.177. The average molecular weight is 436 g/mol. The lowest BCUT2D eigenvalue weighted by Gasteiger charge is -2.30. The molecule has 4 rings (SSSR count). The van der Waals surface area contributed by atoms with Crippen molar-refractivity contribution in [2.75, 3.05) is 13.1 Å². The molecule has 0 aliphatic carbocycles. The Morgan fingerprint density at radius 1 is 1.00 bits per heavy atom. The van der Waals surface area contributed by atoms with E-state index in [0.717, 1.165) is 21.9 Å². The Kier molecular flexibility index (Phi) is 6.15. The normalized spacial score (nSPS) is 16.0. The van der Waals surface area contributed by atoms with Gasteiger partial charge in [-0.25, -0.2) is 13.8 Å². The largest absolute Gasteiger partial charge is 0.273 e. The van der Waals surface area contributed by atoms with Crippen LogP contribution in [0.2, 0.25) is 0 Å². The van der Waals surface area contributed by atoms with Gasteiger partial charge in [-0.3, -0.25) is 4.79 Å².